The van der Waals surface area contributed by atoms with Gasteiger partial charge in [0.1, 0.15) is 0 Å². The lowest BCUT2D eigenvalue weighted by atomic mass is 9.90. The normalized spacial score (nSPS) is 29.4. The zero-order chi connectivity index (χ0) is 18.8. The van der Waals surface area contributed by atoms with Gasteiger partial charge in [-0.25, -0.2) is 0 Å². The van der Waals surface area contributed by atoms with Crippen molar-refractivity contribution in [1.82, 2.24) is 4.90 Å². The van der Waals surface area contributed by atoms with Crippen LogP contribution in [-0.4, -0.2) is 62.0 Å². The molecule has 4 nitrogen and oxygen atoms in total. The average molecular weight is 393 g/mol. The van der Waals surface area contributed by atoms with Gasteiger partial charge in [-0.2, -0.15) is 0 Å². The molecule has 1 aromatic rings. The third kappa shape index (κ3) is 4.79. The molecule has 2 bridgehead atoms. The van der Waals surface area contributed by atoms with Crippen LogP contribution in [0, 0.1) is 24.7 Å². The van der Waals surface area contributed by atoms with E-state index in [1.54, 1.807) is 0 Å². The number of hydrogen-bond acceptors (Lipinski definition) is 4. The molecule has 1 saturated heterocycles. The fourth-order valence-corrected chi connectivity index (χ4v) is 5.55. The third-order valence-corrected chi connectivity index (χ3v) is 7.11. The van der Waals surface area contributed by atoms with Crippen LogP contribution in [0.1, 0.15) is 31.2 Å². The summed E-state index contributed by atoms with van der Waals surface area (Å²) in [7, 11) is 0. The molecular formula is C22H33ClN2O2. The van der Waals surface area contributed by atoms with Gasteiger partial charge >= 0.3 is 0 Å². The molecule has 4 atom stereocenters. The molecule has 1 aromatic carbocycles. The first-order valence-electron chi connectivity index (χ1n) is 10.6. The Morgan fingerprint density at radius 3 is 2.70 bits per heavy atom. The molecule has 150 valence electrons. The lowest BCUT2D eigenvalue weighted by Crippen LogP contribution is -2.49. The number of halogens is 1. The highest BCUT2D eigenvalue weighted by Crippen LogP contribution is 2.48. The van der Waals surface area contributed by atoms with Crippen molar-refractivity contribution in [1.29, 1.82) is 0 Å². The fraction of sp³-hybridized carbons (Fsp3) is 0.727. The second-order valence-corrected chi connectivity index (χ2v) is 9.28. The summed E-state index contributed by atoms with van der Waals surface area (Å²) < 4.78 is 5.89. The van der Waals surface area contributed by atoms with Gasteiger partial charge in [0.25, 0.3) is 0 Å². The van der Waals surface area contributed by atoms with Crippen molar-refractivity contribution in [2.75, 3.05) is 50.8 Å². The van der Waals surface area contributed by atoms with E-state index in [4.69, 9.17) is 16.3 Å². The minimum Gasteiger partial charge on any atom is -0.389 e. The number of hydrogen-bond donors (Lipinski definition) is 1. The number of aryl methyl sites for hydroxylation is 1. The van der Waals surface area contributed by atoms with Crippen LogP contribution < -0.4 is 4.90 Å². The first kappa shape index (κ1) is 19.5. The van der Waals surface area contributed by atoms with Gasteiger partial charge in [0.15, 0.2) is 0 Å². The molecule has 4 rings (SSSR count). The summed E-state index contributed by atoms with van der Waals surface area (Å²) in [5.41, 5.74) is 2.50. The number of aliphatic hydroxyl groups is 1. The van der Waals surface area contributed by atoms with Crippen LogP contribution >= 0.6 is 11.6 Å². The number of fused-ring (bicyclic) bond motifs is 2. The summed E-state index contributed by atoms with van der Waals surface area (Å²) in [6, 6.07) is 6.09. The summed E-state index contributed by atoms with van der Waals surface area (Å²) in [5.74, 6) is 2.61. The average Bonchev–Trinajstić information content (AvgIpc) is 3.28. The minimum absolute atomic E-state index is 0.386. The van der Waals surface area contributed by atoms with Gasteiger partial charge in [-0.15, -0.1) is 0 Å². The van der Waals surface area contributed by atoms with Crippen LogP contribution in [0.5, 0.6) is 0 Å². The molecule has 2 saturated carbocycles. The van der Waals surface area contributed by atoms with Gasteiger partial charge in [-0.3, -0.25) is 4.90 Å². The van der Waals surface area contributed by atoms with E-state index in [1.165, 1.54) is 36.9 Å². The van der Waals surface area contributed by atoms with Crippen molar-refractivity contribution in [3.63, 3.8) is 0 Å². The Labute approximate surface area is 168 Å². The van der Waals surface area contributed by atoms with Crippen molar-refractivity contribution in [3.8, 4) is 0 Å². The van der Waals surface area contributed by atoms with Crippen LogP contribution in [0.15, 0.2) is 18.2 Å². The molecule has 0 amide bonds. The van der Waals surface area contributed by atoms with Crippen molar-refractivity contribution in [2.45, 2.75) is 38.7 Å². The number of ether oxygens (including phenoxy) is 1. The number of β-amino-alcohol motifs (C(OH)–C–C–N with tert-alkyl or cyclic N) is 1. The molecule has 1 N–H and O–H groups in total. The van der Waals surface area contributed by atoms with Crippen molar-refractivity contribution >= 4 is 17.3 Å². The van der Waals surface area contributed by atoms with E-state index < -0.39 is 0 Å². The second-order valence-electron chi connectivity index (χ2n) is 8.84. The Bertz CT molecular complexity index is 633. The Hall–Kier alpha value is -0.810. The highest BCUT2D eigenvalue weighted by Gasteiger charge is 2.39. The fourth-order valence-electron chi connectivity index (χ4n) is 5.38. The highest BCUT2D eigenvalue weighted by molar-refractivity contribution is 6.30. The Morgan fingerprint density at radius 2 is 2.00 bits per heavy atom. The highest BCUT2D eigenvalue weighted by atomic mass is 35.5. The number of benzene rings is 1. The second kappa shape index (κ2) is 8.69. The zero-order valence-electron chi connectivity index (χ0n) is 16.4. The number of nitrogens with zero attached hydrogens (tertiary/aromatic N) is 2. The van der Waals surface area contributed by atoms with Crippen molar-refractivity contribution in [3.05, 3.63) is 28.8 Å². The molecule has 0 radical (unpaired) electrons. The molecule has 0 unspecified atom stereocenters. The summed E-state index contributed by atoms with van der Waals surface area (Å²) in [4.78, 5) is 4.75. The summed E-state index contributed by atoms with van der Waals surface area (Å²) >= 11 is 6.17. The van der Waals surface area contributed by atoms with Gasteiger partial charge in [0.05, 0.1) is 12.7 Å². The van der Waals surface area contributed by atoms with Gasteiger partial charge < -0.3 is 14.7 Å². The minimum atomic E-state index is -0.386. The molecule has 1 heterocycles. The topological polar surface area (TPSA) is 35.9 Å². The van der Waals surface area contributed by atoms with Crippen LogP contribution in [-0.2, 0) is 4.74 Å². The lowest BCUT2D eigenvalue weighted by molar-refractivity contribution is -0.00274. The number of anilines is 1. The van der Waals surface area contributed by atoms with E-state index in [0.717, 1.165) is 55.6 Å². The van der Waals surface area contributed by atoms with Gasteiger partial charge in [-0.05, 0) is 61.6 Å². The van der Waals surface area contributed by atoms with Crippen LogP contribution in [0.4, 0.5) is 5.69 Å². The van der Waals surface area contributed by atoms with Gasteiger partial charge in [0, 0.05) is 50.0 Å². The largest absolute Gasteiger partial charge is 0.389 e. The first-order chi connectivity index (χ1) is 13.1. The number of piperazine rings is 1. The predicted octanol–water partition coefficient (Wildman–Crippen LogP) is 3.58. The van der Waals surface area contributed by atoms with Gasteiger partial charge in [0.2, 0.25) is 0 Å². The van der Waals surface area contributed by atoms with E-state index in [0.29, 0.717) is 13.2 Å². The molecule has 0 aromatic heterocycles. The molecule has 5 heteroatoms. The van der Waals surface area contributed by atoms with E-state index in [2.05, 4.69) is 28.9 Å². The van der Waals surface area contributed by atoms with E-state index in [-0.39, 0.29) is 6.10 Å². The summed E-state index contributed by atoms with van der Waals surface area (Å²) in [5, 5.41) is 11.2. The maximum atomic E-state index is 10.4. The zero-order valence-corrected chi connectivity index (χ0v) is 17.2. The maximum Gasteiger partial charge on any atom is 0.0900 e. The van der Waals surface area contributed by atoms with Crippen molar-refractivity contribution < 1.29 is 9.84 Å². The predicted molar refractivity (Wildman–Crippen MR) is 111 cm³/mol. The van der Waals surface area contributed by atoms with E-state index in [9.17, 15) is 5.11 Å². The van der Waals surface area contributed by atoms with Crippen LogP contribution in [0.3, 0.4) is 0 Å². The quantitative estimate of drug-likeness (QED) is 0.769. The molecule has 3 fully saturated rings. The number of rotatable bonds is 7. The Balaban J connectivity index is 1.16. The lowest BCUT2D eigenvalue weighted by Gasteiger charge is -2.37. The molecule has 2 aliphatic carbocycles. The standard InChI is InChI=1S/C22H33ClN2O2/c1-16-2-5-20(23)12-22(16)25-8-6-24(7-9-25)13-21(26)15-27-14-19-11-17-3-4-18(19)10-17/h2,5,12,17-19,21,26H,3-4,6-11,13-15H2,1H3/t17-,18-,19+,21+/m0/s1. The molecular weight excluding hydrogens is 360 g/mol. The maximum absolute atomic E-state index is 10.4. The van der Waals surface area contributed by atoms with Crippen molar-refractivity contribution in [2.24, 2.45) is 17.8 Å². The monoisotopic (exact) mass is 392 g/mol. The molecule has 3 aliphatic rings. The smallest absolute Gasteiger partial charge is 0.0900 e. The molecule has 27 heavy (non-hydrogen) atoms. The Kier molecular flexibility index (Phi) is 6.28. The SMILES string of the molecule is Cc1ccc(Cl)cc1N1CCN(C[C@@H](O)COC[C@H]2C[C@H]3CC[C@H]2C3)CC1. The third-order valence-electron chi connectivity index (χ3n) is 6.88. The first-order valence-corrected chi connectivity index (χ1v) is 11.0. The Morgan fingerprint density at radius 1 is 1.19 bits per heavy atom. The van der Waals surface area contributed by atoms with Crippen LogP contribution in [0.2, 0.25) is 5.02 Å². The van der Waals surface area contributed by atoms with E-state index in [1.807, 2.05) is 6.07 Å². The summed E-state index contributed by atoms with van der Waals surface area (Å²) in [6.07, 6.45) is 5.23. The summed E-state index contributed by atoms with van der Waals surface area (Å²) in [6.45, 7) is 8.04. The molecule has 1 aliphatic heterocycles. The van der Waals surface area contributed by atoms with Gasteiger partial charge in [-0.1, -0.05) is 24.1 Å². The van der Waals surface area contributed by atoms with E-state index >= 15 is 0 Å². The molecule has 0 spiro atoms. The number of aliphatic hydroxyl groups excluding tert-OH is 1. The van der Waals surface area contributed by atoms with Crippen LogP contribution in [0.25, 0.3) is 0 Å².